The minimum absolute atomic E-state index is 0.103. The monoisotopic (exact) mass is 367 g/mol. The summed E-state index contributed by atoms with van der Waals surface area (Å²) in [4.78, 5) is 50.8. The lowest BCUT2D eigenvalue weighted by molar-refractivity contribution is -0.147. The molecule has 0 aromatic heterocycles. The van der Waals surface area contributed by atoms with E-state index in [1.165, 1.54) is 16.7 Å². The minimum atomic E-state index is -0.890. The van der Waals surface area contributed by atoms with Crippen molar-refractivity contribution in [2.75, 3.05) is 26.7 Å². The third-order valence-corrected chi connectivity index (χ3v) is 5.37. The molecule has 0 aromatic rings. The van der Waals surface area contributed by atoms with E-state index in [1.807, 2.05) is 0 Å². The van der Waals surface area contributed by atoms with Crippen LogP contribution in [0.1, 0.15) is 45.4 Å². The molecule has 0 spiro atoms. The summed E-state index contributed by atoms with van der Waals surface area (Å²) in [6.45, 7) is 1.99. The van der Waals surface area contributed by atoms with Gasteiger partial charge in [-0.1, -0.05) is 12.8 Å². The number of nitrogens with one attached hydrogen (secondary N) is 1. The number of hydrogen-bond donors (Lipinski definition) is 2. The fourth-order valence-corrected chi connectivity index (χ4v) is 3.91. The molecule has 0 bridgehead atoms. The lowest BCUT2D eigenvalue weighted by Crippen LogP contribution is -2.53. The zero-order chi connectivity index (χ0) is 19.3. The predicted octanol–water partition coefficient (Wildman–Crippen LogP) is 0.463. The molecule has 0 aromatic carbocycles. The van der Waals surface area contributed by atoms with Crippen LogP contribution >= 0.6 is 0 Å². The maximum absolute atomic E-state index is 12.8. The number of rotatable bonds is 6. The van der Waals surface area contributed by atoms with Crippen molar-refractivity contribution >= 4 is 23.7 Å². The average Bonchev–Trinajstić information content (AvgIpc) is 3.13. The molecule has 146 valence electrons. The lowest BCUT2D eigenvalue weighted by atomic mass is 9.96. The second-order valence-electron chi connectivity index (χ2n) is 7.43. The van der Waals surface area contributed by atoms with Crippen molar-refractivity contribution in [3.63, 3.8) is 0 Å². The summed E-state index contributed by atoms with van der Waals surface area (Å²) in [7, 11) is 1.56. The van der Waals surface area contributed by atoms with Crippen LogP contribution in [-0.4, -0.2) is 71.3 Å². The fourth-order valence-electron chi connectivity index (χ4n) is 3.91. The number of nitrogens with zero attached hydrogens (tertiary/aromatic N) is 2. The summed E-state index contributed by atoms with van der Waals surface area (Å²) in [5, 5.41) is 11.9. The SMILES string of the molecule is CC(=O)NC(C(=O)N(C)CC(=O)N1CCCC(C(=O)O)C1)C1CCCC1. The maximum atomic E-state index is 12.8. The number of aliphatic carboxylic acids is 1. The van der Waals surface area contributed by atoms with Gasteiger partial charge >= 0.3 is 5.97 Å². The molecule has 26 heavy (non-hydrogen) atoms. The first-order chi connectivity index (χ1) is 12.3. The van der Waals surface area contributed by atoms with E-state index in [-0.39, 0.29) is 36.7 Å². The molecule has 2 unspecified atom stereocenters. The number of carboxylic acid groups (broad SMARTS) is 1. The summed E-state index contributed by atoms with van der Waals surface area (Å²) in [5.74, 6) is -2.09. The van der Waals surface area contributed by atoms with Crippen LogP contribution in [-0.2, 0) is 19.2 Å². The Balaban J connectivity index is 1.96. The first-order valence-corrected chi connectivity index (χ1v) is 9.32. The van der Waals surface area contributed by atoms with E-state index in [1.54, 1.807) is 7.05 Å². The Hall–Kier alpha value is -2.12. The average molecular weight is 367 g/mol. The van der Waals surface area contributed by atoms with E-state index >= 15 is 0 Å². The molecular weight excluding hydrogens is 338 g/mol. The number of carbonyl (C=O) groups is 4. The van der Waals surface area contributed by atoms with Gasteiger partial charge in [-0.25, -0.2) is 0 Å². The van der Waals surface area contributed by atoms with Gasteiger partial charge in [0.15, 0.2) is 0 Å². The summed E-state index contributed by atoms with van der Waals surface area (Å²) in [6.07, 6.45) is 5.09. The number of carboxylic acids is 1. The molecule has 8 nitrogen and oxygen atoms in total. The number of likely N-dealkylation sites (N-methyl/N-ethyl adjacent to an activating group) is 1. The Morgan fingerprint density at radius 2 is 1.81 bits per heavy atom. The second kappa shape index (κ2) is 9.00. The van der Waals surface area contributed by atoms with Crippen LogP contribution in [0.4, 0.5) is 0 Å². The van der Waals surface area contributed by atoms with E-state index < -0.39 is 17.9 Å². The van der Waals surface area contributed by atoms with Crippen molar-refractivity contribution in [3.8, 4) is 0 Å². The highest BCUT2D eigenvalue weighted by Gasteiger charge is 2.35. The van der Waals surface area contributed by atoms with Gasteiger partial charge in [-0.3, -0.25) is 19.2 Å². The molecule has 2 atom stereocenters. The Morgan fingerprint density at radius 3 is 2.38 bits per heavy atom. The van der Waals surface area contributed by atoms with Crippen LogP contribution in [0.15, 0.2) is 0 Å². The van der Waals surface area contributed by atoms with Gasteiger partial charge in [0.25, 0.3) is 0 Å². The van der Waals surface area contributed by atoms with Crippen molar-refractivity contribution in [3.05, 3.63) is 0 Å². The van der Waals surface area contributed by atoms with Gasteiger partial charge in [-0.05, 0) is 31.6 Å². The molecule has 0 radical (unpaired) electrons. The first-order valence-electron chi connectivity index (χ1n) is 9.32. The van der Waals surface area contributed by atoms with Crippen LogP contribution in [0, 0.1) is 11.8 Å². The number of amides is 3. The van der Waals surface area contributed by atoms with Crippen LogP contribution in [0.2, 0.25) is 0 Å². The molecule has 1 saturated heterocycles. The summed E-state index contributed by atoms with van der Waals surface area (Å²) < 4.78 is 0. The Bertz CT molecular complexity index is 559. The van der Waals surface area contributed by atoms with Gasteiger partial charge in [0.2, 0.25) is 17.7 Å². The van der Waals surface area contributed by atoms with Crippen LogP contribution in [0.25, 0.3) is 0 Å². The third kappa shape index (κ3) is 5.19. The molecule has 8 heteroatoms. The first kappa shape index (κ1) is 20.2. The number of carbonyl (C=O) groups excluding carboxylic acids is 3. The van der Waals surface area contributed by atoms with Crippen molar-refractivity contribution in [1.82, 2.24) is 15.1 Å². The van der Waals surface area contributed by atoms with E-state index in [4.69, 9.17) is 5.11 Å². The van der Waals surface area contributed by atoms with E-state index in [2.05, 4.69) is 5.32 Å². The molecule has 2 fully saturated rings. The molecule has 3 amide bonds. The van der Waals surface area contributed by atoms with Gasteiger partial charge in [0.1, 0.15) is 6.04 Å². The fraction of sp³-hybridized carbons (Fsp3) is 0.778. The molecule has 1 aliphatic carbocycles. The van der Waals surface area contributed by atoms with Crippen molar-refractivity contribution in [2.24, 2.45) is 11.8 Å². The predicted molar refractivity (Wildman–Crippen MR) is 94.1 cm³/mol. The Morgan fingerprint density at radius 1 is 1.15 bits per heavy atom. The number of likely N-dealkylation sites (tertiary alicyclic amines) is 1. The lowest BCUT2D eigenvalue weighted by Gasteiger charge is -2.33. The van der Waals surface area contributed by atoms with E-state index in [0.717, 1.165) is 25.7 Å². The summed E-state index contributed by atoms with van der Waals surface area (Å²) >= 11 is 0. The highest BCUT2D eigenvalue weighted by molar-refractivity contribution is 5.90. The quantitative estimate of drug-likeness (QED) is 0.709. The summed E-state index contributed by atoms with van der Waals surface area (Å²) in [6, 6.07) is -0.596. The molecule has 1 saturated carbocycles. The maximum Gasteiger partial charge on any atom is 0.308 e. The normalized spacial score (nSPS) is 21.9. The van der Waals surface area contributed by atoms with Gasteiger partial charge < -0.3 is 20.2 Å². The molecular formula is C18H29N3O5. The topological polar surface area (TPSA) is 107 Å². The van der Waals surface area contributed by atoms with Crippen molar-refractivity contribution < 1.29 is 24.3 Å². The van der Waals surface area contributed by atoms with Crippen LogP contribution < -0.4 is 5.32 Å². The Kier molecular flexibility index (Phi) is 6.99. The molecule has 2 aliphatic rings. The smallest absolute Gasteiger partial charge is 0.308 e. The van der Waals surface area contributed by atoms with E-state index in [9.17, 15) is 19.2 Å². The number of hydrogen-bond acceptors (Lipinski definition) is 4. The van der Waals surface area contributed by atoms with Gasteiger partial charge in [0.05, 0.1) is 12.5 Å². The van der Waals surface area contributed by atoms with Crippen molar-refractivity contribution in [1.29, 1.82) is 0 Å². The molecule has 2 N–H and O–H groups in total. The van der Waals surface area contributed by atoms with E-state index in [0.29, 0.717) is 19.4 Å². The van der Waals surface area contributed by atoms with Gasteiger partial charge in [0, 0.05) is 27.1 Å². The number of piperidine rings is 1. The highest BCUT2D eigenvalue weighted by Crippen LogP contribution is 2.28. The molecule has 2 rings (SSSR count). The zero-order valence-electron chi connectivity index (χ0n) is 15.6. The standard InChI is InChI=1S/C18H29N3O5/c1-12(22)19-16(13-6-3-4-7-13)17(24)20(2)11-15(23)21-9-5-8-14(10-21)18(25)26/h13-14,16H,3-11H2,1-2H3,(H,19,22)(H,25,26). The Labute approximate surface area is 153 Å². The van der Waals surface area contributed by atoms with Crippen LogP contribution in [0.5, 0.6) is 0 Å². The van der Waals surface area contributed by atoms with Gasteiger partial charge in [-0.2, -0.15) is 0 Å². The third-order valence-electron chi connectivity index (χ3n) is 5.37. The summed E-state index contributed by atoms with van der Waals surface area (Å²) in [5.41, 5.74) is 0. The highest BCUT2D eigenvalue weighted by atomic mass is 16.4. The van der Waals surface area contributed by atoms with Gasteiger partial charge in [-0.15, -0.1) is 0 Å². The second-order valence-corrected chi connectivity index (χ2v) is 7.43. The molecule has 1 heterocycles. The zero-order valence-corrected chi connectivity index (χ0v) is 15.6. The molecule has 1 aliphatic heterocycles. The minimum Gasteiger partial charge on any atom is -0.481 e. The van der Waals surface area contributed by atoms with Crippen LogP contribution in [0.3, 0.4) is 0 Å². The largest absolute Gasteiger partial charge is 0.481 e. The van der Waals surface area contributed by atoms with Crippen molar-refractivity contribution in [2.45, 2.75) is 51.5 Å².